The van der Waals surface area contributed by atoms with E-state index in [9.17, 15) is 27.6 Å². The Bertz CT molecular complexity index is 1590. The molecule has 0 unspecified atom stereocenters. The van der Waals surface area contributed by atoms with Gasteiger partial charge in [0.15, 0.2) is 0 Å². The maximum absolute atomic E-state index is 13.5. The summed E-state index contributed by atoms with van der Waals surface area (Å²) in [6.45, 7) is 5.18. The van der Waals surface area contributed by atoms with Crippen molar-refractivity contribution >= 4 is 57.6 Å². The summed E-state index contributed by atoms with van der Waals surface area (Å²) in [6.07, 6.45) is -0.811. The number of rotatable bonds is 6. The monoisotopic (exact) mass is 606 g/mol. The first kappa shape index (κ1) is 29.0. The van der Waals surface area contributed by atoms with Gasteiger partial charge < -0.3 is 10.1 Å². The first-order chi connectivity index (χ1) is 19.1. The molecule has 13 heteroatoms. The minimum atomic E-state index is -4.57. The van der Waals surface area contributed by atoms with E-state index in [1.165, 1.54) is 23.0 Å². The smallest absolute Gasteiger partial charge is 0.416 e. The number of hydrogen-bond acceptors (Lipinski definition) is 6. The zero-order chi connectivity index (χ0) is 29.7. The Kier molecular flexibility index (Phi) is 7.35. The summed E-state index contributed by atoms with van der Waals surface area (Å²) in [5.74, 6) is -0.463. The molecule has 1 saturated carbocycles. The van der Waals surface area contributed by atoms with Crippen LogP contribution in [0.1, 0.15) is 50.3 Å². The second kappa shape index (κ2) is 10.4. The Hall–Kier alpha value is -3.51. The van der Waals surface area contributed by atoms with E-state index in [-0.39, 0.29) is 28.6 Å². The highest BCUT2D eigenvalue weighted by Crippen LogP contribution is 2.41. The van der Waals surface area contributed by atoms with Crippen molar-refractivity contribution in [1.29, 1.82) is 0 Å². The summed E-state index contributed by atoms with van der Waals surface area (Å²) in [4.78, 5) is 39.4. The molecule has 1 aliphatic heterocycles. The zero-order valence-electron chi connectivity index (χ0n) is 22.3. The van der Waals surface area contributed by atoms with Gasteiger partial charge in [0.1, 0.15) is 5.60 Å². The highest BCUT2D eigenvalue weighted by atomic mass is 35.5. The van der Waals surface area contributed by atoms with Crippen molar-refractivity contribution in [2.45, 2.75) is 57.5 Å². The van der Waals surface area contributed by atoms with Crippen LogP contribution >= 0.6 is 23.4 Å². The molecule has 1 aliphatic carbocycles. The van der Waals surface area contributed by atoms with Crippen LogP contribution in [-0.4, -0.2) is 49.6 Å². The normalized spacial score (nSPS) is 17.9. The predicted octanol–water partition coefficient (Wildman–Crippen LogP) is 6.85. The summed E-state index contributed by atoms with van der Waals surface area (Å²) in [7, 11) is 0. The van der Waals surface area contributed by atoms with Crippen molar-refractivity contribution in [3.05, 3.63) is 69.2 Å². The van der Waals surface area contributed by atoms with E-state index < -0.39 is 40.1 Å². The van der Waals surface area contributed by atoms with Crippen LogP contribution in [0.15, 0.2) is 47.5 Å². The van der Waals surface area contributed by atoms with Crippen molar-refractivity contribution in [2.24, 2.45) is 0 Å². The van der Waals surface area contributed by atoms with Crippen molar-refractivity contribution in [3.63, 3.8) is 0 Å². The summed E-state index contributed by atoms with van der Waals surface area (Å²) in [5, 5.41) is 7.26. The maximum Gasteiger partial charge on any atom is 0.416 e. The molecule has 3 amide bonds. The van der Waals surface area contributed by atoms with Gasteiger partial charge in [0.05, 0.1) is 40.8 Å². The van der Waals surface area contributed by atoms with Crippen LogP contribution in [0.4, 0.5) is 22.8 Å². The number of carbonyl (C=O) groups excluding carboxylic acids is 3. The molecule has 8 nitrogen and oxygen atoms in total. The van der Waals surface area contributed by atoms with Crippen LogP contribution in [0, 0.1) is 0 Å². The minimum Gasteiger partial charge on any atom is -0.444 e. The molecule has 1 N–H and O–H groups in total. The molecule has 216 valence electrons. The number of aromatic nitrogens is 2. The Morgan fingerprint density at radius 2 is 1.90 bits per heavy atom. The number of ether oxygens (including phenoxy) is 1. The third-order valence-electron chi connectivity index (χ3n) is 6.62. The summed E-state index contributed by atoms with van der Waals surface area (Å²) in [5.41, 5.74) is -0.951. The molecule has 2 aliphatic rings. The number of alkyl halides is 3. The fraction of sp³-hybridized carbons (Fsp3) is 0.357. The number of amides is 3. The number of fused-ring (bicyclic) bond motifs is 1. The zero-order valence-corrected chi connectivity index (χ0v) is 23.9. The van der Waals surface area contributed by atoms with Gasteiger partial charge >= 0.3 is 12.3 Å². The summed E-state index contributed by atoms with van der Waals surface area (Å²) in [6, 6.07) is 8.77. The second-order valence-electron chi connectivity index (χ2n) is 11.1. The van der Waals surface area contributed by atoms with Gasteiger partial charge in [-0.3, -0.25) is 19.2 Å². The predicted molar refractivity (Wildman–Crippen MR) is 149 cm³/mol. The highest BCUT2D eigenvalue weighted by molar-refractivity contribution is 8.18. The van der Waals surface area contributed by atoms with Gasteiger partial charge in [-0.1, -0.05) is 23.7 Å². The number of thioether (sulfide) groups is 1. The van der Waals surface area contributed by atoms with Gasteiger partial charge in [0.25, 0.3) is 11.1 Å². The van der Waals surface area contributed by atoms with Gasteiger partial charge in [-0.15, -0.1) is 0 Å². The first-order valence-corrected chi connectivity index (χ1v) is 13.9. The van der Waals surface area contributed by atoms with Gasteiger partial charge in [-0.2, -0.15) is 18.3 Å². The average molecular weight is 607 g/mol. The largest absolute Gasteiger partial charge is 0.444 e. The molecular weight excluding hydrogens is 581 g/mol. The van der Waals surface area contributed by atoms with E-state index in [0.29, 0.717) is 29.3 Å². The molecule has 0 atom stereocenters. The molecule has 1 saturated heterocycles. The molecule has 1 aromatic heterocycles. The van der Waals surface area contributed by atoms with E-state index in [4.69, 9.17) is 16.3 Å². The number of hydrogen-bond donors (Lipinski definition) is 1. The number of imide groups is 1. The minimum absolute atomic E-state index is 0.00735. The molecule has 3 aromatic rings. The molecule has 2 aromatic carbocycles. The number of halogens is 4. The van der Waals surface area contributed by atoms with Crippen molar-refractivity contribution in [2.75, 3.05) is 6.54 Å². The topological polar surface area (TPSA) is 93.5 Å². The van der Waals surface area contributed by atoms with E-state index in [1.54, 1.807) is 45.0 Å². The molecule has 2 heterocycles. The molecule has 5 rings (SSSR count). The van der Waals surface area contributed by atoms with E-state index in [2.05, 4.69) is 10.4 Å². The molecule has 0 spiro atoms. The standard InChI is InChI=1S/C28H26ClF3N4O4S/c1-26(2,3)40-24(38)34-27(8-9-27)15-35-23(37)22(41-25(35)39)11-16-4-7-21-18(10-16)13-33-36(21)14-17-5-6-19(29)12-20(17)28(30,31)32/h4-7,10-13H,8-9,14-15H2,1-3H3,(H,34,38)/b22-11-. The van der Waals surface area contributed by atoms with Crippen LogP contribution in [0.25, 0.3) is 17.0 Å². The fourth-order valence-electron chi connectivity index (χ4n) is 4.52. The van der Waals surface area contributed by atoms with Gasteiger partial charge in [0.2, 0.25) is 0 Å². The molecule has 0 bridgehead atoms. The fourth-order valence-corrected chi connectivity index (χ4v) is 5.53. The van der Waals surface area contributed by atoms with Crippen LogP contribution in [0.2, 0.25) is 5.02 Å². The lowest BCUT2D eigenvalue weighted by Gasteiger charge is -2.25. The maximum atomic E-state index is 13.5. The second-order valence-corrected chi connectivity index (χ2v) is 12.5. The third-order valence-corrected chi connectivity index (χ3v) is 7.76. The van der Waals surface area contributed by atoms with E-state index >= 15 is 0 Å². The SMILES string of the molecule is CC(C)(C)OC(=O)NC1(CN2C(=O)S/C(=C\c3ccc4c(cnn4Cc4ccc(Cl)cc4C(F)(F)F)c3)C2=O)CC1. The van der Waals surface area contributed by atoms with Gasteiger partial charge in [-0.25, -0.2) is 4.79 Å². The summed E-state index contributed by atoms with van der Waals surface area (Å²) < 4.78 is 47.4. The van der Waals surface area contributed by atoms with Gasteiger partial charge in [-0.05, 0) is 86.8 Å². The Balaban J connectivity index is 1.31. The lowest BCUT2D eigenvalue weighted by atomic mass is 10.1. The third kappa shape index (κ3) is 6.54. The van der Waals surface area contributed by atoms with Crippen LogP contribution in [0.3, 0.4) is 0 Å². The van der Waals surface area contributed by atoms with Crippen molar-refractivity contribution < 1.29 is 32.3 Å². The number of carbonyl (C=O) groups is 3. The Morgan fingerprint density at radius 1 is 1.17 bits per heavy atom. The molecular formula is C28H26ClF3N4O4S. The summed E-state index contributed by atoms with van der Waals surface area (Å²) >= 11 is 6.60. The van der Waals surface area contributed by atoms with Gasteiger partial charge in [0, 0.05) is 10.4 Å². The van der Waals surface area contributed by atoms with Crippen LogP contribution in [-0.2, 0) is 22.3 Å². The Labute approximate surface area is 242 Å². The van der Waals surface area contributed by atoms with Crippen LogP contribution < -0.4 is 5.32 Å². The lowest BCUT2D eigenvalue weighted by molar-refractivity contribution is -0.138. The molecule has 0 radical (unpaired) electrons. The number of nitrogens with one attached hydrogen (secondary N) is 1. The van der Waals surface area contributed by atoms with Crippen molar-refractivity contribution in [1.82, 2.24) is 20.0 Å². The lowest BCUT2D eigenvalue weighted by Crippen LogP contribution is -2.48. The van der Waals surface area contributed by atoms with Crippen LogP contribution in [0.5, 0.6) is 0 Å². The van der Waals surface area contributed by atoms with E-state index in [0.717, 1.165) is 22.7 Å². The Morgan fingerprint density at radius 3 is 2.56 bits per heavy atom. The highest BCUT2D eigenvalue weighted by Gasteiger charge is 2.50. The number of alkyl carbamates (subject to hydrolysis) is 1. The number of benzene rings is 2. The average Bonchev–Trinajstić information content (AvgIpc) is 3.42. The molecule has 2 fully saturated rings. The quantitative estimate of drug-likeness (QED) is 0.309. The molecule has 41 heavy (non-hydrogen) atoms. The number of nitrogens with zero attached hydrogens (tertiary/aromatic N) is 3. The van der Waals surface area contributed by atoms with Crippen molar-refractivity contribution in [3.8, 4) is 0 Å². The first-order valence-electron chi connectivity index (χ1n) is 12.7. The van der Waals surface area contributed by atoms with E-state index in [1.807, 2.05) is 0 Å².